The van der Waals surface area contributed by atoms with Gasteiger partial charge in [-0.25, -0.2) is 0 Å². The minimum absolute atomic E-state index is 1.00. The fourth-order valence-electron chi connectivity index (χ4n) is 3.08. The molecule has 0 saturated heterocycles. The third-order valence-electron chi connectivity index (χ3n) is 3.90. The van der Waals surface area contributed by atoms with Gasteiger partial charge in [-0.1, -0.05) is 0 Å². The van der Waals surface area contributed by atoms with E-state index in [-0.39, 0.29) is 0 Å². The summed E-state index contributed by atoms with van der Waals surface area (Å²) >= 11 is -3.12. The molecule has 0 atom stereocenters. The van der Waals surface area contributed by atoms with Gasteiger partial charge in [-0.15, -0.1) is 0 Å². The standard InChI is InChI=1S/C15H23Cl2GeNSi/c1-6-19(7-2)14-12-10-8-9-11-13(12)18(16,17)15(14)20(3,4)5/h8-11H,6-7H2,1-5H3. The summed E-state index contributed by atoms with van der Waals surface area (Å²) in [5.41, 5.74) is 2.65. The molecule has 2 rings (SSSR count). The summed E-state index contributed by atoms with van der Waals surface area (Å²) < 4.78 is 2.67. The maximum atomic E-state index is 7.00. The van der Waals surface area contributed by atoms with E-state index >= 15 is 0 Å². The second-order valence-corrected chi connectivity index (χ2v) is 23.8. The molecule has 0 amide bonds. The minimum atomic E-state index is -3.12. The van der Waals surface area contributed by atoms with Crippen LogP contribution >= 0.6 is 20.0 Å². The van der Waals surface area contributed by atoms with E-state index in [1.807, 2.05) is 0 Å². The van der Waals surface area contributed by atoms with E-state index in [1.165, 1.54) is 19.7 Å². The molecule has 0 N–H and O–H groups in total. The molecule has 1 nitrogen and oxygen atoms in total. The Morgan fingerprint density at radius 2 is 1.60 bits per heavy atom. The fourth-order valence-corrected chi connectivity index (χ4v) is 26.7. The molecule has 20 heavy (non-hydrogen) atoms. The Hall–Kier alpha value is 0.0997. The molecule has 5 heteroatoms. The van der Waals surface area contributed by atoms with Crippen LogP contribution in [0.5, 0.6) is 0 Å². The molecule has 1 aliphatic heterocycles. The van der Waals surface area contributed by atoms with Gasteiger partial charge in [0.05, 0.1) is 0 Å². The number of fused-ring (bicyclic) bond motifs is 1. The van der Waals surface area contributed by atoms with E-state index in [1.54, 1.807) is 0 Å². The predicted octanol–water partition coefficient (Wildman–Crippen LogP) is 4.30. The Kier molecular flexibility index (Phi) is 4.70. The number of hydrogen-bond donors (Lipinski definition) is 0. The Morgan fingerprint density at radius 3 is 2.10 bits per heavy atom. The first-order chi connectivity index (χ1) is 9.25. The normalized spacial score (nSPS) is 17.4. The van der Waals surface area contributed by atoms with Crippen molar-refractivity contribution in [2.75, 3.05) is 13.1 Å². The van der Waals surface area contributed by atoms with Gasteiger partial charge in [0.2, 0.25) is 0 Å². The Balaban J connectivity index is 2.77. The first kappa shape index (κ1) is 16.5. The Morgan fingerprint density at radius 1 is 1.05 bits per heavy atom. The van der Waals surface area contributed by atoms with Crippen molar-refractivity contribution < 1.29 is 0 Å². The summed E-state index contributed by atoms with van der Waals surface area (Å²) in [5.74, 6) is 0. The van der Waals surface area contributed by atoms with E-state index in [0.29, 0.717) is 0 Å². The number of nitrogens with zero attached hydrogens (tertiary/aromatic N) is 1. The third-order valence-corrected chi connectivity index (χ3v) is 22.2. The van der Waals surface area contributed by atoms with Crippen LogP contribution in [0.3, 0.4) is 0 Å². The number of rotatable bonds is 4. The van der Waals surface area contributed by atoms with E-state index in [2.05, 4.69) is 62.7 Å². The topological polar surface area (TPSA) is 3.24 Å². The van der Waals surface area contributed by atoms with Crippen LogP contribution in [0.25, 0.3) is 5.70 Å². The fraction of sp³-hybridized carbons (Fsp3) is 0.467. The molecule has 0 bridgehead atoms. The Bertz CT molecular complexity index is 545. The van der Waals surface area contributed by atoms with Gasteiger partial charge in [0, 0.05) is 0 Å². The van der Waals surface area contributed by atoms with Crippen LogP contribution in [0.15, 0.2) is 28.3 Å². The van der Waals surface area contributed by atoms with Crippen molar-refractivity contribution in [3.8, 4) is 0 Å². The Labute approximate surface area is 134 Å². The van der Waals surface area contributed by atoms with Gasteiger partial charge >= 0.3 is 135 Å². The molecular formula is C15H23Cl2GeNSi. The monoisotopic (exact) mass is 389 g/mol. The molecular weight excluding hydrogens is 366 g/mol. The number of benzene rings is 1. The van der Waals surface area contributed by atoms with Gasteiger partial charge in [-0.2, -0.15) is 0 Å². The van der Waals surface area contributed by atoms with Gasteiger partial charge in [0.1, 0.15) is 0 Å². The van der Waals surface area contributed by atoms with Gasteiger partial charge < -0.3 is 0 Å². The first-order valence-electron chi connectivity index (χ1n) is 7.23. The van der Waals surface area contributed by atoms with Crippen molar-refractivity contribution in [1.29, 1.82) is 0 Å². The second kappa shape index (κ2) is 5.71. The summed E-state index contributed by atoms with van der Waals surface area (Å²) in [6.07, 6.45) is 0. The molecule has 0 aromatic heterocycles. The van der Waals surface area contributed by atoms with Crippen molar-refractivity contribution in [3.63, 3.8) is 0 Å². The van der Waals surface area contributed by atoms with Crippen LogP contribution in [-0.4, -0.2) is 37.5 Å². The molecule has 0 radical (unpaired) electrons. The molecule has 1 aromatic rings. The van der Waals surface area contributed by atoms with Gasteiger partial charge in [0.25, 0.3) is 0 Å². The van der Waals surface area contributed by atoms with Crippen molar-refractivity contribution >= 4 is 49.6 Å². The third kappa shape index (κ3) is 2.60. The first-order valence-corrected chi connectivity index (χ1v) is 18.3. The average molecular weight is 389 g/mol. The summed E-state index contributed by atoms with van der Waals surface area (Å²) in [7, 11) is 12.5. The van der Waals surface area contributed by atoms with Gasteiger partial charge in [-0.05, 0) is 0 Å². The zero-order valence-electron chi connectivity index (χ0n) is 12.9. The predicted molar refractivity (Wildman–Crippen MR) is 96.7 cm³/mol. The van der Waals surface area contributed by atoms with Crippen LogP contribution in [0.1, 0.15) is 19.4 Å². The zero-order chi connectivity index (χ0) is 15.1. The zero-order valence-corrected chi connectivity index (χ0v) is 17.5. The van der Waals surface area contributed by atoms with Crippen LogP contribution in [-0.2, 0) is 0 Å². The van der Waals surface area contributed by atoms with Crippen molar-refractivity contribution in [2.24, 2.45) is 0 Å². The molecule has 110 valence electrons. The van der Waals surface area contributed by atoms with Crippen LogP contribution in [0.2, 0.25) is 19.6 Å². The molecule has 1 aromatic carbocycles. The van der Waals surface area contributed by atoms with Crippen LogP contribution < -0.4 is 4.40 Å². The SMILES string of the molecule is CCN(CC)C1=[C]([Si](C)(C)C)[Ge]([Cl])([Cl])[c]2ccccc21. The van der Waals surface area contributed by atoms with E-state index in [9.17, 15) is 0 Å². The summed E-state index contributed by atoms with van der Waals surface area (Å²) in [6, 6.07) is 8.51. The van der Waals surface area contributed by atoms with Crippen LogP contribution in [0.4, 0.5) is 0 Å². The average Bonchev–Trinajstić information content (AvgIpc) is 2.60. The number of halogens is 2. The molecule has 1 heterocycles. The molecule has 0 saturated carbocycles. The van der Waals surface area contributed by atoms with Crippen LogP contribution in [0, 0.1) is 0 Å². The maximum absolute atomic E-state index is 7.00. The molecule has 1 aliphatic rings. The molecule has 0 fully saturated rings. The van der Waals surface area contributed by atoms with Crippen molar-refractivity contribution in [3.05, 3.63) is 33.9 Å². The second-order valence-electron chi connectivity index (χ2n) is 6.27. The molecule has 0 spiro atoms. The van der Waals surface area contributed by atoms with Gasteiger partial charge in [0.15, 0.2) is 0 Å². The summed E-state index contributed by atoms with van der Waals surface area (Å²) in [4.78, 5) is 2.43. The summed E-state index contributed by atoms with van der Waals surface area (Å²) in [5, 5.41) is 0. The summed E-state index contributed by atoms with van der Waals surface area (Å²) in [6.45, 7) is 13.5. The quantitative estimate of drug-likeness (QED) is 0.695. The van der Waals surface area contributed by atoms with E-state index in [0.717, 1.165) is 13.1 Å². The van der Waals surface area contributed by atoms with Crippen molar-refractivity contribution in [2.45, 2.75) is 33.5 Å². The van der Waals surface area contributed by atoms with Gasteiger partial charge in [-0.3, -0.25) is 0 Å². The number of hydrogen-bond acceptors (Lipinski definition) is 1. The molecule has 0 aliphatic carbocycles. The van der Waals surface area contributed by atoms with Crippen molar-refractivity contribution in [1.82, 2.24) is 4.90 Å². The van der Waals surface area contributed by atoms with E-state index < -0.39 is 19.5 Å². The molecule has 0 unspecified atom stereocenters. The van der Waals surface area contributed by atoms with E-state index in [4.69, 9.17) is 20.0 Å².